The number of carbonyl (C=O) groups excluding carboxylic acids is 1. The van der Waals surface area contributed by atoms with Crippen LogP contribution in [0.4, 0.5) is 10.8 Å². The Balaban J connectivity index is 1.95. The number of benzene rings is 2. The van der Waals surface area contributed by atoms with Gasteiger partial charge in [-0.05, 0) is 82.2 Å². The number of aryl methyl sites for hydroxylation is 2. The van der Waals surface area contributed by atoms with Crippen LogP contribution < -0.4 is 9.80 Å². The fourth-order valence-electron chi connectivity index (χ4n) is 4.10. The van der Waals surface area contributed by atoms with E-state index >= 15 is 0 Å². The highest BCUT2D eigenvalue weighted by Gasteiger charge is 2.22. The van der Waals surface area contributed by atoms with Crippen molar-refractivity contribution in [2.45, 2.75) is 41.5 Å². The first-order chi connectivity index (χ1) is 15.4. The lowest BCUT2D eigenvalue weighted by atomic mass is 10.1. The van der Waals surface area contributed by atoms with Gasteiger partial charge in [0.1, 0.15) is 0 Å². The topological polar surface area (TPSA) is 39.7 Å². The summed E-state index contributed by atoms with van der Waals surface area (Å²) in [7, 11) is 0. The molecular weight excluding hydrogens is 416 g/mol. The fraction of sp³-hybridized carbons (Fsp3) is 0.462. The molecule has 0 aliphatic carbocycles. The summed E-state index contributed by atoms with van der Waals surface area (Å²) in [5.74, 6) is 0.0108. The van der Waals surface area contributed by atoms with Gasteiger partial charge in [0.15, 0.2) is 5.13 Å². The van der Waals surface area contributed by atoms with E-state index in [0.717, 1.165) is 59.3 Å². The quantitative estimate of drug-likeness (QED) is 0.393. The van der Waals surface area contributed by atoms with E-state index in [1.807, 2.05) is 17.0 Å². The highest BCUT2D eigenvalue weighted by molar-refractivity contribution is 7.22. The molecule has 0 saturated heterocycles. The van der Waals surface area contributed by atoms with E-state index in [1.54, 1.807) is 11.3 Å². The first-order valence-corrected chi connectivity index (χ1v) is 12.5. The van der Waals surface area contributed by atoms with Crippen LogP contribution >= 0.6 is 11.3 Å². The van der Waals surface area contributed by atoms with Crippen LogP contribution in [0.3, 0.4) is 0 Å². The van der Waals surface area contributed by atoms with Crippen LogP contribution in [0.5, 0.6) is 0 Å². The van der Waals surface area contributed by atoms with Crippen LogP contribution in [0.25, 0.3) is 10.2 Å². The van der Waals surface area contributed by atoms with E-state index in [-0.39, 0.29) is 5.91 Å². The summed E-state index contributed by atoms with van der Waals surface area (Å²) in [5, 5.41) is 0.777. The van der Waals surface area contributed by atoms with Gasteiger partial charge in [0.05, 0.1) is 10.2 Å². The van der Waals surface area contributed by atoms with Crippen LogP contribution in [-0.2, 0) is 0 Å². The molecule has 3 aromatic rings. The lowest BCUT2D eigenvalue weighted by Gasteiger charge is -2.25. The Kier molecular flexibility index (Phi) is 8.26. The van der Waals surface area contributed by atoms with Crippen molar-refractivity contribution in [1.29, 1.82) is 0 Å². The van der Waals surface area contributed by atoms with Crippen molar-refractivity contribution in [2.75, 3.05) is 49.1 Å². The van der Waals surface area contributed by atoms with Gasteiger partial charge in [0.25, 0.3) is 5.91 Å². The minimum absolute atomic E-state index is 0.0108. The van der Waals surface area contributed by atoms with Crippen LogP contribution in [0.2, 0.25) is 0 Å². The number of hydrogen-bond donors (Lipinski definition) is 0. The minimum atomic E-state index is 0.0108. The molecular formula is C26H36N4OS. The molecule has 0 aliphatic rings. The molecule has 0 N–H and O–H groups in total. The molecule has 1 heterocycles. The number of hydrogen-bond acceptors (Lipinski definition) is 5. The first kappa shape index (κ1) is 24.2. The summed E-state index contributed by atoms with van der Waals surface area (Å²) in [6.45, 7) is 18.1. The molecule has 1 amide bonds. The number of carbonyl (C=O) groups is 1. The molecule has 6 heteroatoms. The molecule has 3 rings (SSSR count). The standard InChI is InChI=1S/C26H36N4OS/c1-7-28(8-2)15-16-30(26-27-24-20(6)17-19(5)18-23(24)32-26)25(31)21-11-13-22(14-12-21)29(9-3)10-4/h11-14,17-18H,7-10,15-16H2,1-6H3. The van der Waals surface area contributed by atoms with Crippen molar-refractivity contribution in [3.63, 3.8) is 0 Å². The number of thiazole rings is 1. The Bertz CT molecular complexity index is 1040. The average molecular weight is 453 g/mol. The van der Waals surface area contributed by atoms with E-state index in [2.05, 4.69) is 75.6 Å². The average Bonchev–Trinajstić information content (AvgIpc) is 3.22. The predicted molar refractivity (Wildman–Crippen MR) is 139 cm³/mol. The molecule has 0 atom stereocenters. The number of nitrogens with zero attached hydrogens (tertiary/aromatic N) is 4. The van der Waals surface area contributed by atoms with E-state index in [0.29, 0.717) is 12.1 Å². The zero-order valence-corrected chi connectivity index (χ0v) is 21.1. The van der Waals surface area contributed by atoms with Gasteiger partial charge in [0, 0.05) is 37.4 Å². The molecule has 0 fully saturated rings. The SMILES string of the molecule is CCN(CC)CCN(C(=O)c1ccc(N(CC)CC)cc1)c1nc2c(C)cc(C)cc2s1. The van der Waals surface area contributed by atoms with Crippen LogP contribution in [0.15, 0.2) is 36.4 Å². The van der Waals surface area contributed by atoms with Crippen molar-refractivity contribution in [3.05, 3.63) is 53.1 Å². The van der Waals surface area contributed by atoms with Gasteiger partial charge in [-0.2, -0.15) is 0 Å². The summed E-state index contributed by atoms with van der Waals surface area (Å²) >= 11 is 1.61. The maximum absolute atomic E-state index is 13.6. The number of rotatable bonds is 10. The molecule has 1 aromatic heterocycles. The molecule has 0 saturated carbocycles. The van der Waals surface area contributed by atoms with Crippen molar-refractivity contribution < 1.29 is 4.79 Å². The van der Waals surface area contributed by atoms with Gasteiger partial charge in [0.2, 0.25) is 0 Å². The predicted octanol–water partition coefficient (Wildman–Crippen LogP) is 5.75. The normalized spacial score (nSPS) is 11.3. The summed E-state index contributed by atoms with van der Waals surface area (Å²) in [6, 6.07) is 12.3. The van der Waals surface area contributed by atoms with Crippen LogP contribution in [-0.4, -0.2) is 55.1 Å². The van der Waals surface area contributed by atoms with Crippen molar-refractivity contribution in [1.82, 2.24) is 9.88 Å². The molecule has 0 aliphatic heterocycles. The van der Waals surface area contributed by atoms with E-state index in [1.165, 1.54) is 5.56 Å². The summed E-state index contributed by atoms with van der Waals surface area (Å²) in [5.41, 5.74) is 5.22. The second-order valence-corrected chi connectivity index (χ2v) is 9.14. The molecule has 0 unspecified atom stereocenters. The highest BCUT2D eigenvalue weighted by atomic mass is 32.1. The molecule has 0 bridgehead atoms. The zero-order chi connectivity index (χ0) is 23.3. The van der Waals surface area contributed by atoms with Crippen molar-refractivity contribution in [2.24, 2.45) is 0 Å². The number of anilines is 2. The lowest BCUT2D eigenvalue weighted by Crippen LogP contribution is -2.38. The third-order valence-electron chi connectivity index (χ3n) is 6.07. The van der Waals surface area contributed by atoms with Gasteiger partial charge in [-0.1, -0.05) is 31.3 Å². The monoisotopic (exact) mass is 452 g/mol. The second kappa shape index (κ2) is 10.9. The Morgan fingerprint density at radius 1 is 0.906 bits per heavy atom. The molecule has 5 nitrogen and oxygen atoms in total. The van der Waals surface area contributed by atoms with Crippen molar-refractivity contribution in [3.8, 4) is 0 Å². The number of aromatic nitrogens is 1. The third kappa shape index (κ3) is 5.30. The summed E-state index contributed by atoms with van der Waals surface area (Å²) in [4.78, 5) is 25.0. The van der Waals surface area contributed by atoms with Gasteiger partial charge in [-0.3, -0.25) is 9.69 Å². The zero-order valence-electron chi connectivity index (χ0n) is 20.3. The molecule has 172 valence electrons. The Labute approximate surface area is 196 Å². The molecule has 2 aromatic carbocycles. The largest absolute Gasteiger partial charge is 0.372 e. The number of likely N-dealkylation sites (N-methyl/N-ethyl adjacent to an activating group) is 1. The molecule has 0 spiro atoms. The van der Waals surface area contributed by atoms with Gasteiger partial charge in [-0.15, -0.1) is 0 Å². The smallest absolute Gasteiger partial charge is 0.260 e. The van der Waals surface area contributed by atoms with Crippen LogP contribution in [0, 0.1) is 13.8 Å². The van der Waals surface area contributed by atoms with E-state index in [9.17, 15) is 4.79 Å². The highest BCUT2D eigenvalue weighted by Crippen LogP contribution is 2.32. The van der Waals surface area contributed by atoms with Gasteiger partial charge in [-0.25, -0.2) is 4.98 Å². The van der Waals surface area contributed by atoms with E-state index < -0.39 is 0 Å². The number of amides is 1. The van der Waals surface area contributed by atoms with Crippen molar-refractivity contribution >= 4 is 38.3 Å². The number of fused-ring (bicyclic) bond motifs is 1. The lowest BCUT2D eigenvalue weighted by molar-refractivity contribution is 0.0984. The molecule has 32 heavy (non-hydrogen) atoms. The minimum Gasteiger partial charge on any atom is -0.372 e. The summed E-state index contributed by atoms with van der Waals surface area (Å²) < 4.78 is 1.13. The molecule has 0 radical (unpaired) electrons. The Morgan fingerprint density at radius 2 is 1.56 bits per heavy atom. The Hall–Kier alpha value is -2.44. The van der Waals surface area contributed by atoms with E-state index in [4.69, 9.17) is 4.98 Å². The Morgan fingerprint density at radius 3 is 2.16 bits per heavy atom. The fourth-order valence-corrected chi connectivity index (χ4v) is 5.27. The summed E-state index contributed by atoms with van der Waals surface area (Å²) in [6.07, 6.45) is 0. The maximum atomic E-state index is 13.6. The van der Waals surface area contributed by atoms with Crippen LogP contribution in [0.1, 0.15) is 49.2 Å². The van der Waals surface area contributed by atoms with Gasteiger partial charge >= 0.3 is 0 Å². The first-order valence-electron chi connectivity index (χ1n) is 11.7. The third-order valence-corrected chi connectivity index (χ3v) is 7.10. The maximum Gasteiger partial charge on any atom is 0.260 e. The second-order valence-electron chi connectivity index (χ2n) is 8.13. The van der Waals surface area contributed by atoms with Gasteiger partial charge < -0.3 is 9.80 Å².